The lowest BCUT2D eigenvalue weighted by atomic mass is 10.2. The summed E-state index contributed by atoms with van der Waals surface area (Å²) in [6.07, 6.45) is 0.230. The first-order valence-corrected chi connectivity index (χ1v) is 12.9. The fourth-order valence-electron chi connectivity index (χ4n) is 2.92. The Morgan fingerprint density at radius 3 is 2.57 bits per heavy atom. The lowest BCUT2D eigenvalue weighted by Crippen LogP contribution is -2.50. The zero-order chi connectivity index (χ0) is 19.7. The second kappa shape index (κ2) is 8.21. The molecule has 1 aliphatic rings. The van der Waals surface area contributed by atoms with Crippen molar-refractivity contribution < 1.29 is 13.2 Å². The van der Waals surface area contributed by atoms with Crippen LogP contribution in [0.15, 0.2) is 38.5 Å². The highest BCUT2D eigenvalue weighted by Crippen LogP contribution is 2.29. The number of rotatable bonds is 5. The number of piperazine rings is 1. The van der Waals surface area contributed by atoms with Gasteiger partial charge in [-0.3, -0.25) is 4.79 Å². The summed E-state index contributed by atoms with van der Waals surface area (Å²) in [6, 6.07) is 5.11. The minimum absolute atomic E-state index is 0.0293. The third-order valence-electron chi connectivity index (χ3n) is 4.39. The Kier molecular flexibility index (Phi) is 5.86. The third kappa shape index (κ3) is 4.17. The van der Waals surface area contributed by atoms with Crippen LogP contribution in [0, 0.1) is 0 Å². The minimum Gasteiger partial charge on any atom is -0.340 e. The molecule has 148 valence electrons. The second-order valence-corrected chi connectivity index (χ2v) is 11.7. The number of thiophene rings is 2. The quantitative estimate of drug-likeness (QED) is 0.567. The van der Waals surface area contributed by atoms with Crippen LogP contribution in [0.5, 0.6) is 0 Å². The van der Waals surface area contributed by atoms with E-state index in [4.69, 9.17) is 11.6 Å². The van der Waals surface area contributed by atoms with E-state index >= 15 is 0 Å². The molecule has 4 rings (SSSR count). The van der Waals surface area contributed by atoms with Gasteiger partial charge in [0.25, 0.3) is 10.0 Å². The van der Waals surface area contributed by atoms with Crippen LogP contribution in [0.1, 0.15) is 5.69 Å². The summed E-state index contributed by atoms with van der Waals surface area (Å²) in [5.74, 6) is -0.0293. The van der Waals surface area contributed by atoms with Crippen molar-refractivity contribution in [2.24, 2.45) is 0 Å². The Hall–Kier alpha value is -1.30. The zero-order valence-electron chi connectivity index (χ0n) is 14.6. The van der Waals surface area contributed by atoms with Crippen LogP contribution in [0.25, 0.3) is 10.6 Å². The number of aromatic nitrogens is 1. The van der Waals surface area contributed by atoms with Gasteiger partial charge in [-0.15, -0.1) is 22.7 Å². The molecule has 0 aliphatic carbocycles. The van der Waals surface area contributed by atoms with Crippen molar-refractivity contribution >= 4 is 61.5 Å². The van der Waals surface area contributed by atoms with Crippen molar-refractivity contribution in [2.45, 2.75) is 10.6 Å². The molecule has 0 unspecified atom stereocenters. The van der Waals surface area contributed by atoms with Crippen LogP contribution in [0.3, 0.4) is 0 Å². The number of hydrogen-bond acceptors (Lipinski definition) is 7. The largest absolute Gasteiger partial charge is 0.340 e. The Morgan fingerprint density at radius 1 is 1.14 bits per heavy atom. The fraction of sp³-hybridized carbons (Fsp3) is 0.294. The maximum Gasteiger partial charge on any atom is 0.252 e. The third-order valence-corrected chi connectivity index (χ3v) is 9.61. The van der Waals surface area contributed by atoms with Gasteiger partial charge in [0.2, 0.25) is 5.91 Å². The van der Waals surface area contributed by atoms with Crippen molar-refractivity contribution in [2.75, 3.05) is 26.2 Å². The molecule has 28 heavy (non-hydrogen) atoms. The van der Waals surface area contributed by atoms with Crippen LogP contribution >= 0.6 is 45.6 Å². The molecule has 0 spiro atoms. The number of amides is 1. The van der Waals surface area contributed by atoms with Crippen LogP contribution in [0.4, 0.5) is 0 Å². The molecule has 3 aromatic heterocycles. The van der Waals surface area contributed by atoms with E-state index in [-0.39, 0.29) is 29.6 Å². The lowest BCUT2D eigenvalue weighted by molar-refractivity contribution is -0.131. The molecule has 4 heterocycles. The van der Waals surface area contributed by atoms with E-state index < -0.39 is 10.0 Å². The lowest BCUT2D eigenvalue weighted by Gasteiger charge is -2.33. The summed E-state index contributed by atoms with van der Waals surface area (Å²) in [6.45, 7) is 1.30. The maximum absolute atomic E-state index is 12.6. The Balaban J connectivity index is 1.35. The van der Waals surface area contributed by atoms with Gasteiger partial charge in [-0.1, -0.05) is 11.6 Å². The molecule has 6 nitrogen and oxygen atoms in total. The first kappa shape index (κ1) is 20.0. The standard InChI is InChI=1S/C17H16ClN3O3S4/c18-14-1-2-16(27-14)28(23,24)21-6-4-20(5-7-21)15(22)9-13-11-26-17(19-13)12-3-8-25-10-12/h1-3,8,10-11H,4-7,9H2. The molecule has 1 fully saturated rings. The molecule has 0 atom stereocenters. The van der Waals surface area contributed by atoms with E-state index in [0.717, 1.165) is 27.6 Å². The number of carbonyl (C=O) groups is 1. The topological polar surface area (TPSA) is 70.6 Å². The molecule has 0 N–H and O–H groups in total. The molecule has 0 saturated carbocycles. The molecule has 1 amide bonds. The Morgan fingerprint density at radius 2 is 1.93 bits per heavy atom. The van der Waals surface area contributed by atoms with Gasteiger partial charge in [-0.05, 0) is 23.6 Å². The smallest absolute Gasteiger partial charge is 0.252 e. The zero-order valence-corrected chi connectivity index (χ0v) is 18.6. The average Bonchev–Trinajstić information content (AvgIpc) is 3.43. The van der Waals surface area contributed by atoms with E-state index in [0.29, 0.717) is 17.4 Å². The van der Waals surface area contributed by atoms with Gasteiger partial charge in [0, 0.05) is 42.5 Å². The molecule has 3 aromatic rings. The molecular weight excluding hydrogens is 458 g/mol. The summed E-state index contributed by atoms with van der Waals surface area (Å²) in [5, 5.41) is 6.85. The molecular formula is C17H16ClN3O3S4. The van der Waals surface area contributed by atoms with Gasteiger partial charge in [0.05, 0.1) is 16.5 Å². The minimum atomic E-state index is -3.55. The van der Waals surface area contributed by atoms with Crippen molar-refractivity contribution in [3.8, 4) is 10.6 Å². The summed E-state index contributed by atoms with van der Waals surface area (Å²) >= 11 is 10.0. The summed E-state index contributed by atoms with van der Waals surface area (Å²) in [7, 11) is -3.55. The molecule has 0 aromatic carbocycles. The van der Waals surface area contributed by atoms with Crippen molar-refractivity contribution in [1.82, 2.24) is 14.2 Å². The fourth-order valence-corrected chi connectivity index (χ4v) is 7.51. The first-order valence-electron chi connectivity index (χ1n) is 8.44. The normalized spacial score (nSPS) is 15.8. The Bertz CT molecular complexity index is 1070. The average molecular weight is 474 g/mol. The predicted octanol–water partition coefficient (Wildman–Crippen LogP) is 3.66. The number of halogens is 1. The van der Waals surface area contributed by atoms with Crippen molar-refractivity contribution in [1.29, 1.82) is 0 Å². The number of carbonyl (C=O) groups excluding carboxylic acids is 1. The number of sulfonamides is 1. The monoisotopic (exact) mass is 473 g/mol. The van der Waals surface area contributed by atoms with E-state index in [1.54, 1.807) is 22.3 Å². The highest BCUT2D eigenvalue weighted by molar-refractivity contribution is 7.91. The second-order valence-electron chi connectivity index (χ2n) is 6.18. The highest BCUT2D eigenvalue weighted by Gasteiger charge is 2.31. The highest BCUT2D eigenvalue weighted by atomic mass is 35.5. The summed E-state index contributed by atoms with van der Waals surface area (Å²) < 4.78 is 27.4. The maximum atomic E-state index is 12.6. The van der Waals surface area contributed by atoms with Gasteiger partial charge in [-0.25, -0.2) is 13.4 Å². The van der Waals surface area contributed by atoms with E-state index in [2.05, 4.69) is 4.98 Å². The number of thiazole rings is 1. The molecule has 0 radical (unpaired) electrons. The SMILES string of the molecule is O=C(Cc1csc(-c2ccsc2)n1)N1CCN(S(=O)(=O)c2ccc(Cl)s2)CC1. The van der Waals surface area contributed by atoms with Gasteiger partial charge in [-0.2, -0.15) is 15.6 Å². The van der Waals surface area contributed by atoms with E-state index in [1.807, 2.05) is 22.2 Å². The van der Waals surface area contributed by atoms with E-state index in [9.17, 15) is 13.2 Å². The van der Waals surface area contributed by atoms with E-state index in [1.165, 1.54) is 21.7 Å². The number of hydrogen-bond donors (Lipinski definition) is 0. The Labute approximate surface area is 180 Å². The van der Waals surface area contributed by atoms with Crippen LogP contribution in [-0.2, 0) is 21.2 Å². The van der Waals surface area contributed by atoms with Gasteiger partial charge in [0.15, 0.2) is 0 Å². The van der Waals surface area contributed by atoms with Crippen LogP contribution < -0.4 is 0 Å². The molecule has 1 saturated heterocycles. The van der Waals surface area contributed by atoms with Crippen molar-refractivity contribution in [3.63, 3.8) is 0 Å². The van der Waals surface area contributed by atoms with Crippen LogP contribution in [-0.4, -0.2) is 54.7 Å². The molecule has 0 bridgehead atoms. The van der Waals surface area contributed by atoms with Gasteiger partial charge < -0.3 is 4.90 Å². The summed E-state index contributed by atoms with van der Waals surface area (Å²) in [4.78, 5) is 18.9. The van der Waals surface area contributed by atoms with Crippen molar-refractivity contribution in [3.05, 3.63) is 44.4 Å². The summed E-state index contributed by atoms with van der Waals surface area (Å²) in [5.41, 5.74) is 1.82. The predicted molar refractivity (Wildman–Crippen MR) is 114 cm³/mol. The van der Waals surface area contributed by atoms with Crippen LogP contribution in [0.2, 0.25) is 4.34 Å². The number of nitrogens with zero attached hydrogens (tertiary/aromatic N) is 3. The molecule has 11 heteroatoms. The first-order chi connectivity index (χ1) is 13.4. The van der Waals surface area contributed by atoms with Gasteiger partial charge >= 0.3 is 0 Å². The molecule has 1 aliphatic heterocycles. The van der Waals surface area contributed by atoms with Gasteiger partial charge in [0.1, 0.15) is 9.22 Å².